The number of rotatable bonds is 1. The molecular formula is C15H12O. The molecule has 0 aliphatic heterocycles. The maximum absolute atomic E-state index is 5.56. The summed E-state index contributed by atoms with van der Waals surface area (Å²) in [6.07, 6.45) is 5.93. The van der Waals surface area contributed by atoms with Crippen molar-refractivity contribution in [2.75, 3.05) is 0 Å². The van der Waals surface area contributed by atoms with E-state index >= 15 is 0 Å². The summed E-state index contributed by atoms with van der Waals surface area (Å²) in [5.41, 5.74) is 2.10. The van der Waals surface area contributed by atoms with Crippen LogP contribution in [0.5, 0.6) is 0 Å². The molecule has 3 rings (SSSR count). The van der Waals surface area contributed by atoms with Gasteiger partial charge in [-0.15, -0.1) is 0 Å². The number of furan rings is 1. The molecule has 0 N–H and O–H groups in total. The molecule has 1 heterocycles. The molecule has 0 bridgehead atoms. The van der Waals surface area contributed by atoms with E-state index < -0.39 is 0 Å². The molecule has 0 atom stereocenters. The van der Waals surface area contributed by atoms with E-state index in [2.05, 4.69) is 36.4 Å². The molecule has 1 aromatic heterocycles. The highest BCUT2D eigenvalue weighted by molar-refractivity contribution is 6.09. The average molecular weight is 208 g/mol. The van der Waals surface area contributed by atoms with Crippen molar-refractivity contribution in [3.05, 3.63) is 54.3 Å². The summed E-state index contributed by atoms with van der Waals surface area (Å²) >= 11 is 0. The molecule has 0 amide bonds. The lowest BCUT2D eigenvalue weighted by molar-refractivity contribution is 0.615. The van der Waals surface area contributed by atoms with Gasteiger partial charge in [-0.25, -0.2) is 0 Å². The van der Waals surface area contributed by atoms with Crippen LogP contribution < -0.4 is 0 Å². The maximum Gasteiger partial charge on any atom is 0.135 e. The molecule has 0 aliphatic rings. The zero-order chi connectivity index (χ0) is 11.0. The summed E-state index contributed by atoms with van der Waals surface area (Å²) in [6, 6.07) is 12.5. The first-order valence-electron chi connectivity index (χ1n) is 5.42. The summed E-state index contributed by atoms with van der Waals surface area (Å²) in [5, 5.41) is 3.71. The van der Waals surface area contributed by atoms with Gasteiger partial charge in [0.1, 0.15) is 5.58 Å². The molecule has 0 aliphatic carbocycles. The van der Waals surface area contributed by atoms with Crippen LogP contribution in [0.1, 0.15) is 12.5 Å². The van der Waals surface area contributed by atoms with Crippen molar-refractivity contribution in [3.8, 4) is 0 Å². The Hall–Kier alpha value is -2.02. The van der Waals surface area contributed by atoms with Gasteiger partial charge in [0.25, 0.3) is 0 Å². The van der Waals surface area contributed by atoms with E-state index in [-0.39, 0.29) is 0 Å². The minimum absolute atomic E-state index is 0.951. The highest BCUT2D eigenvalue weighted by Gasteiger charge is 2.06. The molecule has 1 nitrogen and oxygen atoms in total. The fraction of sp³-hybridized carbons (Fsp3) is 0.0667. The summed E-state index contributed by atoms with van der Waals surface area (Å²) < 4.78 is 5.56. The molecule has 0 spiro atoms. The smallest absolute Gasteiger partial charge is 0.135 e. The number of allylic oxidation sites excluding steroid dienone is 1. The number of hydrogen-bond donors (Lipinski definition) is 0. The lowest BCUT2D eigenvalue weighted by Gasteiger charge is -1.99. The molecule has 0 saturated heterocycles. The molecule has 0 radical (unpaired) electrons. The first-order valence-corrected chi connectivity index (χ1v) is 5.42. The predicted octanol–water partition coefficient (Wildman–Crippen LogP) is 4.62. The second-order valence-electron chi connectivity index (χ2n) is 3.85. The third-order valence-corrected chi connectivity index (χ3v) is 2.84. The Morgan fingerprint density at radius 1 is 1.06 bits per heavy atom. The fourth-order valence-corrected chi connectivity index (χ4v) is 2.14. The van der Waals surface area contributed by atoms with E-state index in [1.165, 1.54) is 16.2 Å². The van der Waals surface area contributed by atoms with Gasteiger partial charge in [0.15, 0.2) is 0 Å². The number of hydrogen-bond acceptors (Lipinski definition) is 1. The summed E-state index contributed by atoms with van der Waals surface area (Å²) in [4.78, 5) is 0. The van der Waals surface area contributed by atoms with Crippen LogP contribution in [-0.2, 0) is 0 Å². The highest BCUT2D eigenvalue weighted by atomic mass is 16.3. The molecule has 0 unspecified atom stereocenters. The van der Waals surface area contributed by atoms with Crippen LogP contribution in [-0.4, -0.2) is 0 Å². The van der Waals surface area contributed by atoms with Crippen molar-refractivity contribution in [1.82, 2.24) is 0 Å². The Balaban J connectivity index is 2.51. The summed E-state index contributed by atoms with van der Waals surface area (Å²) in [7, 11) is 0. The van der Waals surface area contributed by atoms with Gasteiger partial charge in [-0.2, -0.15) is 0 Å². The van der Waals surface area contributed by atoms with Crippen molar-refractivity contribution in [2.45, 2.75) is 6.92 Å². The average Bonchev–Trinajstić information content (AvgIpc) is 2.73. The minimum atomic E-state index is 0.951. The molecule has 2 aromatic carbocycles. The van der Waals surface area contributed by atoms with Crippen LogP contribution in [0.3, 0.4) is 0 Å². The Morgan fingerprint density at radius 3 is 2.81 bits per heavy atom. The third kappa shape index (κ3) is 1.25. The van der Waals surface area contributed by atoms with E-state index in [9.17, 15) is 0 Å². The van der Waals surface area contributed by atoms with Crippen LogP contribution in [0, 0.1) is 0 Å². The van der Waals surface area contributed by atoms with Crippen molar-refractivity contribution >= 4 is 27.8 Å². The zero-order valence-electron chi connectivity index (χ0n) is 9.10. The predicted molar refractivity (Wildman–Crippen MR) is 68.4 cm³/mol. The van der Waals surface area contributed by atoms with Gasteiger partial charge in [-0.05, 0) is 23.8 Å². The molecule has 78 valence electrons. The third-order valence-electron chi connectivity index (χ3n) is 2.84. The Morgan fingerprint density at radius 2 is 1.94 bits per heavy atom. The van der Waals surface area contributed by atoms with Crippen molar-refractivity contribution < 1.29 is 4.42 Å². The maximum atomic E-state index is 5.56. The van der Waals surface area contributed by atoms with E-state index in [4.69, 9.17) is 4.42 Å². The molecule has 3 aromatic rings. The van der Waals surface area contributed by atoms with Crippen molar-refractivity contribution in [2.24, 2.45) is 0 Å². The van der Waals surface area contributed by atoms with E-state index in [1.54, 1.807) is 0 Å². The van der Waals surface area contributed by atoms with E-state index in [0.29, 0.717) is 0 Å². The Kier molecular flexibility index (Phi) is 2.03. The SMILES string of the molecule is CC=Cc1coc2ccc3ccccc3c12. The first kappa shape index (κ1) is 9.22. The fourth-order valence-electron chi connectivity index (χ4n) is 2.14. The lowest BCUT2D eigenvalue weighted by Crippen LogP contribution is -1.75. The first-order chi connectivity index (χ1) is 7.90. The number of fused-ring (bicyclic) bond motifs is 3. The monoisotopic (exact) mass is 208 g/mol. The van der Waals surface area contributed by atoms with Crippen molar-refractivity contribution in [1.29, 1.82) is 0 Å². The van der Waals surface area contributed by atoms with Crippen LogP contribution in [0.4, 0.5) is 0 Å². The minimum Gasteiger partial charge on any atom is -0.464 e. The second kappa shape index (κ2) is 3.53. The molecular weight excluding hydrogens is 196 g/mol. The van der Waals surface area contributed by atoms with Crippen LogP contribution >= 0.6 is 0 Å². The van der Waals surface area contributed by atoms with E-state index in [0.717, 1.165) is 11.1 Å². The molecule has 0 saturated carbocycles. The standard InChI is InChI=1S/C15H12O/c1-2-5-12-10-16-14-9-8-11-6-3-4-7-13(11)15(12)14/h2-10H,1H3. The Bertz CT molecular complexity index is 674. The van der Waals surface area contributed by atoms with Gasteiger partial charge in [-0.3, -0.25) is 0 Å². The van der Waals surface area contributed by atoms with Crippen LogP contribution in [0.25, 0.3) is 27.8 Å². The van der Waals surface area contributed by atoms with Crippen LogP contribution in [0.15, 0.2) is 53.2 Å². The van der Waals surface area contributed by atoms with Gasteiger partial charge in [0.2, 0.25) is 0 Å². The normalized spacial score (nSPS) is 11.8. The van der Waals surface area contributed by atoms with E-state index in [1.807, 2.05) is 25.3 Å². The van der Waals surface area contributed by atoms with Gasteiger partial charge >= 0.3 is 0 Å². The lowest BCUT2D eigenvalue weighted by atomic mass is 10.0. The molecule has 1 heteroatoms. The van der Waals surface area contributed by atoms with Crippen molar-refractivity contribution in [3.63, 3.8) is 0 Å². The summed E-state index contributed by atoms with van der Waals surface area (Å²) in [6.45, 7) is 2.02. The molecule has 16 heavy (non-hydrogen) atoms. The molecule has 0 fully saturated rings. The van der Waals surface area contributed by atoms with Crippen LogP contribution in [0.2, 0.25) is 0 Å². The second-order valence-corrected chi connectivity index (χ2v) is 3.85. The quantitative estimate of drug-likeness (QED) is 0.568. The summed E-state index contributed by atoms with van der Waals surface area (Å²) in [5.74, 6) is 0. The van der Waals surface area contributed by atoms with Gasteiger partial charge < -0.3 is 4.42 Å². The topological polar surface area (TPSA) is 13.1 Å². The zero-order valence-corrected chi connectivity index (χ0v) is 9.10. The van der Waals surface area contributed by atoms with Gasteiger partial charge in [0, 0.05) is 10.9 Å². The van der Waals surface area contributed by atoms with Gasteiger partial charge in [-0.1, -0.05) is 42.5 Å². The Labute approximate surface area is 94.0 Å². The largest absolute Gasteiger partial charge is 0.464 e. The highest BCUT2D eigenvalue weighted by Crippen LogP contribution is 2.30. The number of benzene rings is 2. The van der Waals surface area contributed by atoms with Gasteiger partial charge in [0.05, 0.1) is 6.26 Å².